The van der Waals surface area contributed by atoms with E-state index in [2.05, 4.69) is 5.32 Å². The van der Waals surface area contributed by atoms with E-state index < -0.39 is 28.5 Å². The van der Waals surface area contributed by atoms with Gasteiger partial charge in [-0.1, -0.05) is 26.0 Å². The van der Waals surface area contributed by atoms with Crippen LogP contribution in [0.25, 0.3) is 11.0 Å². The standard InChI is InChI=1S/C30H31N3O6/c1-13(2)24(29-32-17-10-8-9-11-18(17)33(29)7)31-15(4)21-19(35)12-20-30(6,28(21)38)23-26(37)14(3)25(36)22(16(5)34)27(23)39-20/h8-13,24,31,36-37H,1-7H3/b21-15+/t24-,30-/m0/s1. The van der Waals surface area contributed by atoms with E-state index in [1.807, 2.05) is 49.7 Å². The van der Waals surface area contributed by atoms with Crippen molar-refractivity contribution in [1.82, 2.24) is 14.9 Å². The first-order valence-electron chi connectivity index (χ1n) is 12.8. The Hall–Kier alpha value is -4.40. The fraction of sp³-hybridized carbons (Fsp3) is 0.333. The number of aromatic hydroxyl groups is 2. The molecule has 2 atom stereocenters. The Morgan fingerprint density at radius 2 is 1.79 bits per heavy atom. The summed E-state index contributed by atoms with van der Waals surface area (Å²) in [5.41, 5.74) is 0.500. The van der Waals surface area contributed by atoms with Crippen molar-refractivity contribution in [3.63, 3.8) is 0 Å². The second-order valence-electron chi connectivity index (χ2n) is 10.8. The summed E-state index contributed by atoms with van der Waals surface area (Å²) in [4.78, 5) is 44.7. The van der Waals surface area contributed by atoms with Gasteiger partial charge in [-0.2, -0.15) is 0 Å². The maximum Gasteiger partial charge on any atom is 0.194 e. The second kappa shape index (κ2) is 8.83. The molecule has 0 saturated carbocycles. The zero-order valence-corrected chi connectivity index (χ0v) is 23.0. The number of carbonyl (C=O) groups excluding carboxylic acids is 3. The summed E-state index contributed by atoms with van der Waals surface area (Å²) in [7, 11) is 1.93. The number of hydrogen-bond donors (Lipinski definition) is 3. The third kappa shape index (κ3) is 3.60. The number of ketones is 3. The first-order valence-corrected chi connectivity index (χ1v) is 12.8. The number of rotatable bonds is 5. The van der Waals surface area contributed by atoms with Crippen molar-refractivity contribution >= 4 is 28.4 Å². The molecule has 5 rings (SSSR count). The van der Waals surface area contributed by atoms with Gasteiger partial charge in [0.2, 0.25) is 0 Å². The van der Waals surface area contributed by atoms with Gasteiger partial charge in [0, 0.05) is 24.4 Å². The van der Waals surface area contributed by atoms with Crippen LogP contribution in [0.15, 0.2) is 47.4 Å². The smallest absolute Gasteiger partial charge is 0.194 e. The van der Waals surface area contributed by atoms with Crippen LogP contribution in [-0.4, -0.2) is 37.1 Å². The number of imidazole rings is 1. The van der Waals surface area contributed by atoms with Crippen LogP contribution in [0.2, 0.25) is 0 Å². The number of allylic oxidation sites excluding steroid dienone is 4. The van der Waals surface area contributed by atoms with Gasteiger partial charge >= 0.3 is 0 Å². The number of nitrogens with zero attached hydrogens (tertiary/aromatic N) is 2. The average molecular weight is 530 g/mol. The van der Waals surface area contributed by atoms with Crippen molar-refractivity contribution in [3.05, 3.63) is 69.9 Å². The molecule has 0 radical (unpaired) electrons. The van der Waals surface area contributed by atoms with Crippen LogP contribution < -0.4 is 10.1 Å². The minimum Gasteiger partial charge on any atom is -0.507 e. The van der Waals surface area contributed by atoms with Crippen LogP contribution >= 0.6 is 0 Å². The minimum absolute atomic E-state index is 0.00242. The lowest BCUT2D eigenvalue weighted by molar-refractivity contribution is -0.123. The summed E-state index contributed by atoms with van der Waals surface area (Å²) in [5, 5.41) is 25.0. The number of carbonyl (C=O) groups is 3. The number of phenolic OH excluding ortho intramolecular Hbond substituents is 2. The lowest BCUT2D eigenvalue weighted by Gasteiger charge is -2.30. The molecule has 1 aliphatic heterocycles. The molecule has 9 nitrogen and oxygen atoms in total. The molecular weight excluding hydrogens is 498 g/mol. The molecule has 2 aliphatic rings. The van der Waals surface area contributed by atoms with E-state index in [0.29, 0.717) is 5.70 Å². The van der Waals surface area contributed by atoms with Gasteiger partial charge in [0.15, 0.2) is 17.3 Å². The fourth-order valence-electron chi connectivity index (χ4n) is 5.64. The Bertz CT molecular complexity index is 1680. The van der Waals surface area contributed by atoms with E-state index >= 15 is 0 Å². The molecule has 2 heterocycles. The van der Waals surface area contributed by atoms with E-state index in [4.69, 9.17) is 9.72 Å². The SMILES string of the molecule is CC(=O)c1c(O)c(C)c(O)c2c1OC1=CC(=O)/C(=C(/C)N[C@H](c3nc4ccccc4n3C)C(C)C)C(=O)[C@@]12C. The van der Waals surface area contributed by atoms with Crippen molar-refractivity contribution in [2.45, 2.75) is 53.0 Å². The number of Topliss-reactive ketones (excluding diaryl/α,β-unsaturated/α-hetero) is 2. The molecule has 0 spiro atoms. The highest BCUT2D eigenvalue weighted by atomic mass is 16.5. The van der Waals surface area contributed by atoms with Crippen LogP contribution in [0.1, 0.15) is 68.0 Å². The largest absolute Gasteiger partial charge is 0.507 e. The molecule has 0 saturated heterocycles. The van der Waals surface area contributed by atoms with Crippen molar-refractivity contribution in [1.29, 1.82) is 0 Å². The molecule has 39 heavy (non-hydrogen) atoms. The molecule has 0 bridgehead atoms. The number of nitrogens with one attached hydrogen (secondary N) is 1. The molecule has 1 aromatic heterocycles. The molecule has 3 aromatic rings. The molecule has 202 valence electrons. The van der Waals surface area contributed by atoms with Gasteiger partial charge in [0.1, 0.15) is 39.8 Å². The Morgan fingerprint density at radius 1 is 1.13 bits per heavy atom. The highest BCUT2D eigenvalue weighted by molar-refractivity contribution is 6.31. The van der Waals surface area contributed by atoms with Crippen molar-refractivity contribution in [2.24, 2.45) is 13.0 Å². The number of ether oxygens (including phenoxy) is 1. The quantitative estimate of drug-likeness (QED) is 0.251. The molecular formula is C30H31N3O6. The third-order valence-corrected chi connectivity index (χ3v) is 7.90. The van der Waals surface area contributed by atoms with Crippen molar-refractivity contribution in [3.8, 4) is 17.2 Å². The maximum absolute atomic E-state index is 14.1. The van der Waals surface area contributed by atoms with Crippen molar-refractivity contribution < 1.29 is 29.3 Å². The molecule has 9 heteroatoms. The lowest BCUT2D eigenvalue weighted by atomic mass is 9.70. The second-order valence-corrected chi connectivity index (χ2v) is 10.8. The Balaban J connectivity index is 1.64. The van der Waals surface area contributed by atoms with Crippen LogP contribution in [-0.2, 0) is 22.1 Å². The highest BCUT2D eigenvalue weighted by Crippen LogP contribution is 2.57. The number of aryl methyl sites for hydroxylation is 1. The summed E-state index contributed by atoms with van der Waals surface area (Å²) >= 11 is 0. The number of fused-ring (bicyclic) bond motifs is 4. The van der Waals surface area contributed by atoms with E-state index in [0.717, 1.165) is 16.9 Å². The summed E-state index contributed by atoms with van der Waals surface area (Å²) < 4.78 is 7.84. The monoisotopic (exact) mass is 529 g/mol. The normalized spacial score (nSPS) is 20.5. The zero-order chi connectivity index (χ0) is 28.5. The molecule has 3 N–H and O–H groups in total. The summed E-state index contributed by atoms with van der Waals surface area (Å²) in [5.74, 6) is -1.69. The lowest BCUT2D eigenvalue weighted by Crippen LogP contribution is -2.41. The van der Waals surface area contributed by atoms with Crippen LogP contribution in [0.5, 0.6) is 17.2 Å². The minimum atomic E-state index is -1.57. The molecule has 0 unspecified atom stereocenters. The molecule has 0 amide bonds. The van der Waals surface area contributed by atoms with E-state index in [-0.39, 0.29) is 51.5 Å². The Morgan fingerprint density at radius 3 is 2.41 bits per heavy atom. The van der Waals surface area contributed by atoms with Gasteiger partial charge in [-0.3, -0.25) is 14.4 Å². The first-order chi connectivity index (χ1) is 18.3. The van der Waals surface area contributed by atoms with E-state index in [9.17, 15) is 24.6 Å². The van der Waals surface area contributed by atoms with Crippen molar-refractivity contribution in [2.75, 3.05) is 0 Å². The Kier molecular flexibility index (Phi) is 5.93. The van der Waals surface area contributed by atoms with Crippen LogP contribution in [0, 0.1) is 12.8 Å². The summed E-state index contributed by atoms with van der Waals surface area (Å²) in [6, 6.07) is 7.46. The van der Waals surface area contributed by atoms with Gasteiger partial charge in [0.25, 0.3) is 0 Å². The number of aromatic nitrogens is 2. The van der Waals surface area contributed by atoms with Crippen LogP contribution in [0.3, 0.4) is 0 Å². The number of phenols is 2. The highest BCUT2D eigenvalue weighted by Gasteiger charge is 2.56. The molecule has 0 fully saturated rings. The average Bonchev–Trinajstić information content (AvgIpc) is 3.35. The summed E-state index contributed by atoms with van der Waals surface area (Å²) in [6.45, 7) is 9.98. The van der Waals surface area contributed by atoms with Gasteiger partial charge in [-0.05, 0) is 45.7 Å². The summed E-state index contributed by atoms with van der Waals surface area (Å²) in [6.07, 6.45) is 1.22. The van der Waals surface area contributed by atoms with E-state index in [1.54, 1.807) is 13.8 Å². The maximum atomic E-state index is 14.1. The number of benzene rings is 2. The van der Waals surface area contributed by atoms with Crippen LogP contribution in [0.4, 0.5) is 0 Å². The molecule has 2 aromatic carbocycles. The zero-order valence-electron chi connectivity index (χ0n) is 23.0. The van der Waals surface area contributed by atoms with Gasteiger partial charge in [-0.15, -0.1) is 0 Å². The number of hydrogen-bond acceptors (Lipinski definition) is 8. The van der Waals surface area contributed by atoms with E-state index in [1.165, 1.54) is 19.9 Å². The van der Waals surface area contributed by atoms with Gasteiger partial charge in [0.05, 0.1) is 28.2 Å². The van der Waals surface area contributed by atoms with Gasteiger partial charge in [-0.25, -0.2) is 4.98 Å². The fourth-order valence-corrected chi connectivity index (χ4v) is 5.64. The van der Waals surface area contributed by atoms with Gasteiger partial charge < -0.3 is 24.8 Å². The Labute approximate surface area is 225 Å². The predicted molar refractivity (Wildman–Crippen MR) is 145 cm³/mol. The third-order valence-electron chi connectivity index (χ3n) is 7.90. The predicted octanol–water partition coefficient (Wildman–Crippen LogP) is 4.44. The molecule has 1 aliphatic carbocycles. The topological polar surface area (TPSA) is 131 Å². The number of para-hydroxylation sites is 2. The first kappa shape index (κ1) is 26.2.